The first-order valence-electron chi connectivity index (χ1n) is 10.1. The molecule has 0 radical (unpaired) electrons. The van der Waals surface area contributed by atoms with Gasteiger partial charge >= 0.3 is 0 Å². The molecule has 1 aromatic carbocycles. The molecule has 10 heteroatoms. The molecule has 3 amide bonds. The Hall–Kier alpha value is -3.58. The van der Waals surface area contributed by atoms with Gasteiger partial charge in [-0.3, -0.25) is 19.4 Å². The van der Waals surface area contributed by atoms with Crippen LogP contribution in [0.15, 0.2) is 36.2 Å². The average Bonchev–Trinajstić information content (AvgIpc) is 3.52. The molecular formula is C21H27N7O3. The van der Waals surface area contributed by atoms with Crippen LogP contribution in [0.5, 0.6) is 0 Å². The third kappa shape index (κ3) is 5.52. The van der Waals surface area contributed by atoms with Gasteiger partial charge in [-0.1, -0.05) is 0 Å². The summed E-state index contributed by atoms with van der Waals surface area (Å²) in [6.07, 6.45) is 4.68. The van der Waals surface area contributed by atoms with Crippen molar-refractivity contribution < 1.29 is 14.4 Å². The van der Waals surface area contributed by atoms with Crippen LogP contribution < -0.4 is 21.9 Å². The number of likely N-dealkylation sites (tertiary alicyclic amines) is 1. The lowest BCUT2D eigenvalue weighted by Crippen LogP contribution is -2.41. The molecule has 1 saturated carbocycles. The number of allylic oxidation sites excluding steroid dienone is 1. The first-order valence-corrected chi connectivity index (χ1v) is 10.1. The van der Waals surface area contributed by atoms with Crippen LogP contribution in [0.2, 0.25) is 0 Å². The fraction of sp³-hybridized carbons (Fsp3) is 0.429. The van der Waals surface area contributed by atoms with Crippen LogP contribution in [-0.4, -0.2) is 54.2 Å². The Morgan fingerprint density at radius 1 is 1.29 bits per heavy atom. The standard InChI is InChI=1S/C21H27N7O3/c1-26(13-29)12-20(30)27-10-15(8-18(27)9-22)21(31)25-16-4-6-17(7-5-16)28(24)11-19(23)14-2-3-14/h4-7,11,13-15,18H,2-3,8,10,12,23-24H2,1H3,(H,25,31)/b19-11-. The van der Waals surface area contributed by atoms with Gasteiger partial charge in [-0.05, 0) is 43.5 Å². The first-order chi connectivity index (χ1) is 14.8. The summed E-state index contributed by atoms with van der Waals surface area (Å²) in [7, 11) is 1.48. The predicted molar refractivity (Wildman–Crippen MR) is 115 cm³/mol. The van der Waals surface area contributed by atoms with Crippen molar-refractivity contribution in [2.75, 3.05) is 30.5 Å². The van der Waals surface area contributed by atoms with Gasteiger partial charge < -0.3 is 20.9 Å². The number of nitrogens with one attached hydrogen (secondary N) is 1. The van der Waals surface area contributed by atoms with Crippen LogP contribution in [0.3, 0.4) is 0 Å². The van der Waals surface area contributed by atoms with Gasteiger partial charge in [0, 0.05) is 37.1 Å². The molecule has 2 fully saturated rings. The number of carbonyl (C=O) groups excluding carboxylic acids is 3. The van der Waals surface area contributed by atoms with E-state index in [2.05, 4.69) is 11.4 Å². The van der Waals surface area contributed by atoms with E-state index in [4.69, 9.17) is 11.6 Å². The van der Waals surface area contributed by atoms with Gasteiger partial charge in [0.2, 0.25) is 18.2 Å². The summed E-state index contributed by atoms with van der Waals surface area (Å²) in [4.78, 5) is 38.3. The maximum absolute atomic E-state index is 12.7. The first kappa shape index (κ1) is 22.1. The highest BCUT2D eigenvalue weighted by Gasteiger charge is 2.39. The summed E-state index contributed by atoms with van der Waals surface area (Å²) in [5, 5.41) is 13.6. The molecule has 0 spiro atoms. The molecule has 2 unspecified atom stereocenters. The minimum Gasteiger partial charge on any atom is -0.401 e. The molecule has 1 saturated heterocycles. The monoisotopic (exact) mass is 425 g/mol. The lowest BCUT2D eigenvalue weighted by molar-refractivity contribution is -0.135. The molecule has 164 valence electrons. The lowest BCUT2D eigenvalue weighted by Gasteiger charge is -2.21. The maximum Gasteiger partial charge on any atom is 0.243 e. The molecule has 0 aromatic heterocycles. The number of amides is 3. The minimum absolute atomic E-state index is 0.132. The summed E-state index contributed by atoms with van der Waals surface area (Å²) in [5.74, 6) is 5.30. The molecule has 10 nitrogen and oxygen atoms in total. The second-order valence-corrected chi connectivity index (χ2v) is 7.99. The van der Waals surface area contributed by atoms with Crippen molar-refractivity contribution in [1.82, 2.24) is 9.80 Å². The summed E-state index contributed by atoms with van der Waals surface area (Å²) in [6, 6.07) is 8.37. The third-order valence-corrected chi connectivity index (χ3v) is 5.48. The van der Waals surface area contributed by atoms with Crippen LogP contribution in [0.25, 0.3) is 0 Å². The number of hydrazine groups is 1. The minimum atomic E-state index is -0.694. The van der Waals surface area contributed by atoms with E-state index in [0.29, 0.717) is 18.0 Å². The topological polar surface area (TPSA) is 149 Å². The summed E-state index contributed by atoms with van der Waals surface area (Å²) >= 11 is 0. The van der Waals surface area contributed by atoms with Crippen LogP contribution in [0.4, 0.5) is 11.4 Å². The van der Waals surface area contributed by atoms with E-state index >= 15 is 0 Å². The highest BCUT2D eigenvalue weighted by Crippen LogP contribution is 2.34. The van der Waals surface area contributed by atoms with Crippen molar-refractivity contribution in [2.45, 2.75) is 25.3 Å². The highest BCUT2D eigenvalue weighted by atomic mass is 16.2. The maximum atomic E-state index is 12.7. The Bertz CT molecular complexity index is 905. The van der Waals surface area contributed by atoms with Crippen LogP contribution in [-0.2, 0) is 14.4 Å². The number of rotatable bonds is 8. The number of carbonyl (C=O) groups is 3. The molecule has 5 N–H and O–H groups in total. The number of benzene rings is 1. The van der Waals surface area contributed by atoms with E-state index in [0.717, 1.165) is 24.2 Å². The molecule has 1 aliphatic heterocycles. The second kappa shape index (κ2) is 9.49. The SMILES string of the molecule is CN(C=O)CC(=O)N1CC(C(=O)Nc2ccc(N(N)/C=C(\N)C3CC3)cc2)CC1C#N. The molecule has 0 bridgehead atoms. The largest absolute Gasteiger partial charge is 0.401 e. The number of nitriles is 1. The molecular weight excluding hydrogens is 398 g/mol. The van der Waals surface area contributed by atoms with Crippen LogP contribution in [0, 0.1) is 23.2 Å². The van der Waals surface area contributed by atoms with Gasteiger partial charge in [-0.2, -0.15) is 5.26 Å². The molecule has 1 heterocycles. The van der Waals surface area contributed by atoms with Gasteiger partial charge in [-0.15, -0.1) is 0 Å². The van der Waals surface area contributed by atoms with Crippen molar-refractivity contribution >= 4 is 29.6 Å². The Balaban J connectivity index is 1.58. The molecule has 31 heavy (non-hydrogen) atoms. The normalized spacial score (nSPS) is 20.7. The van der Waals surface area contributed by atoms with Crippen LogP contribution >= 0.6 is 0 Å². The lowest BCUT2D eigenvalue weighted by atomic mass is 10.1. The average molecular weight is 425 g/mol. The van der Waals surface area contributed by atoms with Crippen molar-refractivity contribution in [1.29, 1.82) is 5.26 Å². The quantitative estimate of drug-likeness (QED) is 0.309. The van der Waals surface area contributed by atoms with Crippen molar-refractivity contribution in [3.8, 4) is 6.07 Å². The van der Waals surface area contributed by atoms with Crippen molar-refractivity contribution in [2.24, 2.45) is 23.4 Å². The Kier molecular flexibility index (Phi) is 6.77. The fourth-order valence-corrected chi connectivity index (χ4v) is 3.48. The Morgan fingerprint density at radius 3 is 2.55 bits per heavy atom. The number of hydrogen-bond donors (Lipinski definition) is 3. The smallest absolute Gasteiger partial charge is 0.243 e. The van der Waals surface area contributed by atoms with Gasteiger partial charge in [0.1, 0.15) is 6.04 Å². The van der Waals surface area contributed by atoms with E-state index in [1.165, 1.54) is 21.9 Å². The van der Waals surface area contributed by atoms with Gasteiger partial charge in [-0.25, -0.2) is 5.84 Å². The van der Waals surface area contributed by atoms with Gasteiger partial charge in [0.05, 0.1) is 24.2 Å². The van der Waals surface area contributed by atoms with Gasteiger partial charge in [0.15, 0.2) is 0 Å². The van der Waals surface area contributed by atoms with E-state index < -0.39 is 12.0 Å². The molecule has 1 aliphatic carbocycles. The zero-order valence-electron chi connectivity index (χ0n) is 17.4. The zero-order valence-corrected chi connectivity index (χ0v) is 17.4. The predicted octanol–water partition coefficient (Wildman–Crippen LogP) is 0.344. The molecule has 2 aliphatic rings. The van der Waals surface area contributed by atoms with Crippen molar-refractivity contribution in [3.05, 3.63) is 36.2 Å². The highest BCUT2D eigenvalue weighted by molar-refractivity contribution is 5.94. The van der Waals surface area contributed by atoms with E-state index in [-0.39, 0.29) is 31.3 Å². The van der Waals surface area contributed by atoms with Crippen LogP contribution in [0.1, 0.15) is 19.3 Å². The summed E-state index contributed by atoms with van der Waals surface area (Å²) in [6.45, 7) is 0.00225. The fourth-order valence-electron chi connectivity index (χ4n) is 3.48. The summed E-state index contributed by atoms with van der Waals surface area (Å²) in [5.41, 5.74) is 8.05. The third-order valence-electron chi connectivity index (χ3n) is 5.48. The number of likely N-dealkylation sites (N-methyl/N-ethyl adjacent to an activating group) is 1. The second-order valence-electron chi connectivity index (χ2n) is 7.99. The zero-order chi connectivity index (χ0) is 22.5. The van der Waals surface area contributed by atoms with E-state index in [1.807, 2.05) is 0 Å². The Labute approximate surface area is 181 Å². The van der Waals surface area contributed by atoms with Gasteiger partial charge in [0.25, 0.3) is 0 Å². The Morgan fingerprint density at radius 2 is 1.97 bits per heavy atom. The number of hydrogen-bond acceptors (Lipinski definition) is 7. The number of anilines is 2. The molecule has 3 rings (SSSR count). The van der Waals surface area contributed by atoms with E-state index in [9.17, 15) is 19.6 Å². The number of nitrogens with two attached hydrogens (primary N) is 2. The number of nitrogens with zero attached hydrogens (tertiary/aromatic N) is 4. The summed E-state index contributed by atoms with van der Waals surface area (Å²) < 4.78 is 0. The van der Waals surface area contributed by atoms with Crippen molar-refractivity contribution in [3.63, 3.8) is 0 Å². The molecule has 2 atom stereocenters. The van der Waals surface area contributed by atoms with E-state index in [1.54, 1.807) is 30.5 Å². The molecule has 1 aromatic rings.